The minimum absolute atomic E-state index is 0. The lowest BCUT2D eigenvalue weighted by Crippen LogP contribution is -2.52. The van der Waals surface area contributed by atoms with Crippen LogP contribution in [0.4, 0.5) is 0 Å². The van der Waals surface area contributed by atoms with Gasteiger partial charge in [0.2, 0.25) is 0 Å². The number of nitrogens with zero attached hydrogens (tertiary/aromatic N) is 3. The van der Waals surface area contributed by atoms with E-state index >= 15 is 0 Å². The largest absolute Gasteiger partial charge is 0.352 e. The third-order valence-electron chi connectivity index (χ3n) is 5.04. The average Bonchev–Trinajstić information content (AvgIpc) is 2.70. The van der Waals surface area contributed by atoms with Crippen molar-refractivity contribution in [2.75, 3.05) is 39.5 Å². The fourth-order valence-corrected chi connectivity index (χ4v) is 4.33. The third-order valence-corrected chi connectivity index (χ3v) is 5.89. The fourth-order valence-electron chi connectivity index (χ4n) is 3.53. The molecule has 1 N–H and O–H groups in total. The van der Waals surface area contributed by atoms with Crippen LogP contribution in [0.2, 0.25) is 0 Å². The van der Waals surface area contributed by atoms with Gasteiger partial charge in [-0.3, -0.25) is 9.89 Å². The first-order valence-electron chi connectivity index (χ1n) is 9.90. The highest BCUT2D eigenvalue weighted by molar-refractivity contribution is 14.0. The predicted octanol–water partition coefficient (Wildman–Crippen LogP) is 2.74. The number of benzene rings is 2. The lowest BCUT2D eigenvalue weighted by atomic mass is 10.1. The maximum atomic E-state index is 11.4. The Labute approximate surface area is 197 Å². The molecule has 8 heteroatoms. The molecule has 6 nitrogen and oxygen atoms in total. The summed E-state index contributed by atoms with van der Waals surface area (Å²) in [5, 5.41) is 3.43. The van der Waals surface area contributed by atoms with Crippen LogP contribution in [-0.4, -0.2) is 63.7 Å². The van der Waals surface area contributed by atoms with E-state index in [9.17, 15) is 8.42 Å². The van der Waals surface area contributed by atoms with E-state index in [-0.39, 0.29) is 29.7 Å². The molecule has 0 unspecified atom stereocenters. The molecule has 30 heavy (non-hydrogen) atoms. The Bertz CT molecular complexity index is 910. The van der Waals surface area contributed by atoms with Crippen LogP contribution in [0.5, 0.6) is 0 Å². The van der Waals surface area contributed by atoms with E-state index in [0.717, 1.165) is 49.8 Å². The van der Waals surface area contributed by atoms with Crippen molar-refractivity contribution < 1.29 is 8.42 Å². The second-order valence-corrected chi connectivity index (χ2v) is 9.68. The van der Waals surface area contributed by atoms with Crippen molar-refractivity contribution in [1.82, 2.24) is 15.1 Å². The number of rotatable bonds is 6. The Hall–Kier alpha value is -1.65. The minimum Gasteiger partial charge on any atom is -0.352 e. The second kappa shape index (κ2) is 11.7. The normalized spacial score (nSPS) is 15.5. The van der Waals surface area contributed by atoms with Crippen LogP contribution < -0.4 is 5.32 Å². The van der Waals surface area contributed by atoms with Gasteiger partial charge in [0, 0.05) is 52.6 Å². The maximum Gasteiger partial charge on any atom is 0.194 e. The van der Waals surface area contributed by atoms with Gasteiger partial charge >= 0.3 is 0 Å². The Kier molecular flexibility index (Phi) is 9.57. The van der Waals surface area contributed by atoms with E-state index < -0.39 is 9.84 Å². The summed E-state index contributed by atoms with van der Waals surface area (Å²) in [6.45, 7) is 5.56. The van der Waals surface area contributed by atoms with E-state index in [1.54, 1.807) is 0 Å². The molecule has 1 aliphatic rings. The number of piperazine rings is 1. The number of sulfone groups is 1. The van der Waals surface area contributed by atoms with Crippen molar-refractivity contribution in [2.45, 2.75) is 18.8 Å². The quantitative estimate of drug-likeness (QED) is 0.346. The van der Waals surface area contributed by atoms with Crippen LogP contribution in [0.25, 0.3) is 0 Å². The summed E-state index contributed by atoms with van der Waals surface area (Å²) >= 11 is 0. The molecule has 2 aromatic carbocycles. The van der Waals surface area contributed by atoms with E-state index in [1.165, 1.54) is 11.8 Å². The molecule has 0 amide bonds. The highest BCUT2D eigenvalue weighted by Crippen LogP contribution is 2.10. The average molecular weight is 542 g/mol. The molecule has 0 saturated carbocycles. The van der Waals surface area contributed by atoms with Gasteiger partial charge in [-0.05, 0) is 16.7 Å². The molecule has 0 aliphatic carbocycles. The molecule has 1 saturated heterocycles. The molecule has 1 fully saturated rings. The van der Waals surface area contributed by atoms with Gasteiger partial charge in [-0.15, -0.1) is 24.0 Å². The summed E-state index contributed by atoms with van der Waals surface area (Å²) in [4.78, 5) is 9.20. The molecule has 1 heterocycles. The second-order valence-electron chi connectivity index (χ2n) is 7.54. The van der Waals surface area contributed by atoms with Crippen LogP contribution in [0.1, 0.15) is 16.7 Å². The van der Waals surface area contributed by atoms with Gasteiger partial charge in [0.1, 0.15) is 0 Å². The first-order valence-corrected chi connectivity index (χ1v) is 12.0. The van der Waals surface area contributed by atoms with Crippen LogP contribution >= 0.6 is 24.0 Å². The topological polar surface area (TPSA) is 65.0 Å². The van der Waals surface area contributed by atoms with Gasteiger partial charge in [0.15, 0.2) is 15.8 Å². The Morgan fingerprint density at radius 3 is 2.10 bits per heavy atom. The predicted molar refractivity (Wildman–Crippen MR) is 134 cm³/mol. The summed E-state index contributed by atoms with van der Waals surface area (Å²) in [7, 11) is -1.19. The monoisotopic (exact) mass is 542 g/mol. The van der Waals surface area contributed by atoms with Crippen molar-refractivity contribution in [2.24, 2.45) is 4.99 Å². The zero-order chi connectivity index (χ0) is 20.7. The molecule has 2 aromatic rings. The lowest BCUT2D eigenvalue weighted by molar-refractivity contribution is 0.172. The van der Waals surface area contributed by atoms with Gasteiger partial charge in [0.25, 0.3) is 0 Å². The van der Waals surface area contributed by atoms with Crippen molar-refractivity contribution >= 4 is 39.8 Å². The molecule has 3 rings (SSSR count). The number of aliphatic imine (C=N–C) groups is 1. The molecule has 0 spiro atoms. The Morgan fingerprint density at radius 2 is 1.53 bits per heavy atom. The first-order chi connectivity index (χ1) is 13.9. The third kappa shape index (κ3) is 7.88. The van der Waals surface area contributed by atoms with Crippen molar-refractivity contribution in [1.29, 1.82) is 0 Å². The summed E-state index contributed by atoms with van der Waals surface area (Å²) in [5.74, 6) is 0.986. The molecule has 0 aromatic heterocycles. The number of nitrogens with one attached hydrogen (secondary N) is 1. The van der Waals surface area contributed by atoms with Gasteiger partial charge < -0.3 is 10.2 Å². The van der Waals surface area contributed by atoms with Crippen molar-refractivity contribution in [3.63, 3.8) is 0 Å². The molecule has 164 valence electrons. The van der Waals surface area contributed by atoms with Crippen LogP contribution in [0, 0.1) is 0 Å². The smallest absolute Gasteiger partial charge is 0.194 e. The number of halogens is 1. The van der Waals surface area contributed by atoms with E-state index in [0.29, 0.717) is 6.54 Å². The van der Waals surface area contributed by atoms with E-state index in [1.807, 2.05) is 31.3 Å². The Balaban J connectivity index is 0.00000320. The maximum absolute atomic E-state index is 11.4. The minimum atomic E-state index is -3.00. The van der Waals surface area contributed by atoms with E-state index in [2.05, 4.69) is 50.4 Å². The zero-order valence-corrected chi connectivity index (χ0v) is 20.8. The van der Waals surface area contributed by atoms with Crippen molar-refractivity contribution in [3.05, 3.63) is 71.3 Å². The molecular formula is C22H31IN4O2S. The SMILES string of the molecule is CN=C(NCc1ccc(CS(C)(=O)=O)cc1)N1CCN(Cc2ccccc2)CC1.I. The first kappa shape index (κ1) is 24.6. The number of hydrogen-bond acceptors (Lipinski definition) is 4. The highest BCUT2D eigenvalue weighted by atomic mass is 127. The molecular weight excluding hydrogens is 511 g/mol. The standard InChI is InChI=1S/C22H30N4O2S.HI/c1-23-22(24-16-19-8-10-21(11-9-19)18-29(2,27)28)26-14-12-25(13-15-26)17-20-6-4-3-5-7-20;/h3-11H,12-18H2,1-2H3,(H,23,24);1H. The highest BCUT2D eigenvalue weighted by Gasteiger charge is 2.19. The van der Waals surface area contributed by atoms with Crippen molar-refractivity contribution in [3.8, 4) is 0 Å². The van der Waals surface area contributed by atoms with E-state index in [4.69, 9.17) is 0 Å². The molecule has 0 bridgehead atoms. The van der Waals surface area contributed by atoms with Crippen LogP contribution in [0.15, 0.2) is 59.6 Å². The number of hydrogen-bond donors (Lipinski definition) is 1. The van der Waals surface area contributed by atoms with Gasteiger partial charge in [-0.25, -0.2) is 8.42 Å². The lowest BCUT2D eigenvalue weighted by Gasteiger charge is -2.36. The summed E-state index contributed by atoms with van der Waals surface area (Å²) in [6.07, 6.45) is 1.26. The molecule has 0 atom stereocenters. The Morgan fingerprint density at radius 1 is 0.933 bits per heavy atom. The zero-order valence-electron chi connectivity index (χ0n) is 17.6. The fraction of sp³-hybridized carbons (Fsp3) is 0.409. The van der Waals surface area contributed by atoms with Crippen LogP contribution in [0.3, 0.4) is 0 Å². The van der Waals surface area contributed by atoms with Gasteiger partial charge in [-0.2, -0.15) is 0 Å². The van der Waals surface area contributed by atoms with Gasteiger partial charge in [-0.1, -0.05) is 54.6 Å². The van der Waals surface area contributed by atoms with Gasteiger partial charge in [0.05, 0.1) is 5.75 Å². The van der Waals surface area contributed by atoms with Crippen LogP contribution in [-0.2, 0) is 28.7 Å². The molecule has 0 radical (unpaired) electrons. The molecule has 1 aliphatic heterocycles. The summed E-state index contributed by atoms with van der Waals surface area (Å²) < 4.78 is 22.8. The number of guanidine groups is 1. The summed E-state index contributed by atoms with van der Waals surface area (Å²) in [6, 6.07) is 18.3. The summed E-state index contributed by atoms with van der Waals surface area (Å²) in [5.41, 5.74) is 3.27.